The molecule has 0 saturated heterocycles. The Morgan fingerprint density at radius 2 is 1.55 bits per heavy atom. The van der Waals surface area contributed by atoms with Gasteiger partial charge in [-0.15, -0.1) is 0 Å². The number of aliphatic hydroxyl groups excluding tert-OH is 1. The molecule has 0 aliphatic carbocycles. The quantitative estimate of drug-likeness (QED) is 0.876. The van der Waals surface area contributed by atoms with E-state index in [1.165, 1.54) is 5.56 Å². The number of hydrogen-bond donors (Lipinski definition) is 1. The first-order valence-corrected chi connectivity index (χ1v) is 6.76. The van der Waals surface area contributed by atoms with Gasteiger partial charge >= 0.3 is 0 Å². The lowest BCUT2D eigenvalue weighted by atomic mass is 10.1. The Kier molecular flexibility index (Phi) is 5.16. The van der Waals surface area contributed by atoms with Gasteiger partial charge in [-0.2, -0.15) is 0 Å². The summed E-state index contributed by atoms with van der Waals surface area (Å²) >= 11 is 0. The minimum absolute atomic E-state index is 0.308. The van der Waals surface area contributed by atoms with Crippen molar-refractivity contribution in [2.45, 2.75) is 6.10 Å². The van der Waals surface area contributed by atoms with Gasteiger partial charge in [-0.25, -0.2) is 0 Å². The number of ether oxygens (including phenoxy) is 1. The highest BCUT2D eigenvalue weighted by atomic mass is 16.5. The second kappa shape index (κ2) is 7.08. The van der Waals surface area contributed by atoms with E-state index in [1.54, 1.807) is 0 Å². The summed E-state index contributed by atoms with van der Waals surface area (Å²) in [5.41, 5.74) is 2.35. The third-order valence-corrected chi connectivity index (χ3v) is 2.98. The predicted octanol–water partition coefficient (Wildman–Crippen LogP) is 2.65. The van der Waals surface area contributed by atoms with Crippen molar-refractivity contribution in [1.82, 2.24) is 4.90 Å². The van der Waals surface area contributed by atoms with Crippen LogP contribution in [-0.4, -0.2) is 43.4 Å². The van der Waals surface area contributed by atoms with Gasteiger partial charge in [0, 0.05) is 6.54 Å². The molecule has 0 bridgehead atoms. The van der Waals surface area contributed by atoms with Gasteiger partial charge in [0.2, 0.25) is 0 Å². The van der Waals surface area contributed by atoms with Crippen LogP contribution in [0, 0.1) is 0 Å². The Hall–Kier alpha value is -1.84. The Morgan fingerprint density at radius 3 is 2.15 bits per heavy atom. The van der Waals surface area contributed by atoms with Gasteiger partial charge in [-0.1, -0.05) is 42.5 Å². The van der Waals surface area contributed by atoms with Crippen LogP contribution < -0.4 is 4.74 Å². The van der Waals surface area contributed by atoms with E-state index in [2.05, 4.69) is 12.1 Å². The van der Waals surface area contributed by atoms with E-state index in [0.29, 0.717) is 13.2 Å². The van der Waals surface area contributed by atoms with Crippen LogP contribution in [0.25, 0.3) is 11.1 Å². The van der Waals surface area contributed by atoms with E-state index in [-0.39, 0.29) is 0 Å². The zero-order chi connectivity index (χ0) is 14.4. The fourth-order valence-corrected chi connectivity index (χ4v) is 2.04. The molecule has 0 saturated carbocycles. The number of hydrogen-bond acceptors (Lipinski definition) is 3. The van der Waals surface area contributed by atoms with Crippen LogP contribution in [0.4, 0.5) is 0 Å². The molecule has 0 aliphatic rings. The molecule has 20 heavy (non-hydrogen) atoms. The van der Waals surface area contributed by atoms with Gasteiger partial charge in [0.05, 0.1) is 0 Å². The minimum atomic E-state index is -0.473. The monoisotopic (exact) mass is 271 g/mol. The molecule has 0 radical (unpaired) electrons. The number of nitrogens with zero attached hydrogens (tertiary/aromatic N) is 1. The van der Waals surface area contributed by atoms with Gasteiger partial charge in [-0.3, -0.25) is 0 Å². The molecule has 0 spiro atoms. The summed E-state index contributed by atoms with van der Waals surface area (Å²) < 4.78 is 5.58. The lowest BCUT2D eigenvalue weighted by molar-refractivity contribution is 0.0831. The predicted molar refractivity (Wildman–Crippen MR) is 81.9 cm³/mol. The smallest absolute Gasteiger partial charge is 0.119 e. The van der Waals surface area contributed by atoms with Crippen LogP contribution in [0.1, 0.15) is 0 Å². The Labute approximate surface area is 120 Å². The van der Waals surface area contributed by atoms with E-state index < -0.39 is 6.10 Å². The van der Waals surface area contributed by atoms with Crippen molar-refractivity contribution < 1.29 is 9.84 Å². The Balaban J connectivity index is 1.92. The minimum Gasteiger partial charge on any atom is -0.491 e. The summed E-state index contributed by atoms with van der Waals surface area (Å²) in [5, 5.41) is 9.75. The molecule has 0 aliphatic heterocycles. The normalized spacial score (nSPS) is 12.4. The average Bonchev–Trinajstić information content (AvgIpc) is 2.46. The summed E-state index contributed by atoms with van der Waals surface area (Å²) in [6.45, 7) is 0.908. The number of benzene rings is 2. The third kappa shape index (κ3) is 4.37. The lowest BCUT2D eigenvalue weighted by Gasteiger charge is -2.16. The molecule has 0 aromatic heterocycles. The summed E-state index contributed by atoms with van der Waals surface area (Å²) in [5.74, 6) is 0.780. The molecular formula is C17H21NO2. The first-order chi connectivity index (χ1) is 9.65. The fourth-order valence-electron chi connectivity index (χ4n) is 2.04. The average molecular weight is 271 g/mol. The highest BCUT2D eigenvalue weighted by Crippen LogP contribution is 2.22. The van der Waals surface area contributed by atoms with E-state index in [9.17, 15) is 5.11 Å². The molecule has 106 valence electrons. The Bertz CT molecular complexity index is 508. The molecule has 1 atom stereocenters. The van der Waals surface area contributed by atoms with E-state index in [1.807, 2.05) is 61.5 Å². The molecular weight excluding hydrogens is 250 g/mol. The standard InChI is InChI=1S/C17H21NO2/c1-18(2)12-16(19)13-20-17-10-8-15(9-11-17)14-6-4-3-5-7-14/h3-11,16,19H,12-13H2,1-2H3. The summed E-state index contributed by atoms with van der Waals surface area (Å²) in [4.78, 5) is 1.94. The van der Waals surface area contributed by atoms with Gasteiger partial charge in [0.25, 0.3) is 0 Å². The van der Waals surface area contributed by atoms with Gasteiger partial charge < -0.3 is 14.7 Å². The third-order valence-electron chi connectivity index (χ3n) is 2.98. The molecule has 0 heterocycles. The largest absolute Gasteiger partial charge is 0.491 e. The maximum atomic E-state index is 9.75. The zero-order valence-corrected chi connectivity index (χ0v) is 12.0. The number of aliphatic hydroxyl groups is 1. The van der Waals surface area contributed by atoms with Crippen molar-refractivity contribution in [3.8, 4) is 16.9 Å². The van der Waals surface area contributed by atoms with Gasteiger partial charge in [0.1, 0.15) is 18.5 Å². The highest BCUT2D eigenvalue weighted by molar-refractivity contribution is 5.63. The van der Waals surface area contributed by atoms with E-state index >= 15 is 0 Å². The second-order valence-electron chi connectivity index (χ2n) is 5.12. The lowest BCUT2D eigenvalue weighted by Crippen LogP contribution is -2.30. The van der Waals surface area contributed by atoms with Crippen molar-refractivity contribution >= 4 is 0 Å². The van der Waals surface area contributed by atoms with Crippen LogP contribution in [-0.2, 0) is 0 Å². The molecule has 1 unspecified atom stereocenters. The summed E-state index contributed by atoms with van der Waals surface area (Å²) in [7, 11) is 3.86. The maximum Gasteiger partial charge on any atom is 0.119 e. The van der Waals surface area contributed by atoms with Gasteiger partial charge in [0.15, 0.2) is 0 Å². The molecule has 3 nitrogen and oxygen atoms in total. The first-order valence-electron chi connectivity index (χ1n) is 6.76. The highest BCUT2D eigenvalue weighted by Gasteiger charge is 2.06. The van der Waals surface area contributed by atoms with Gasteiger partial charge in [-0.05, 0) is 37.4 Å². The summed E-state index contributed by atoms with van der Waals surface area (Å²) in [6.07, 6.45) is -0.473. The van der Waals surface area contributed by atoms with Crippen LogP contribution in [0.3, 0.4) is 0 Å². The van der Waals surface area contributed by atoms with Crippen molar-refractivity contribution in [2.24, 2.45) is 0 Å². The van der Waals surface area contributed by atoms with E-state index in [4.69, 9.17) is 4.74 Å². The molecule has 2 rings (SSSR count). The SMILES string of the molecule is CN(C)CC(O)COc1ccc(-c2ccccc2)cc1. The Morgan fingerprint density at radius 1 is 0.950 bits per heavy atom. The van der Waals surface area contributed by atoms with Crippen molar-refractivity contribution in [2.75, 3.05) is 27.2 Å². The molecule has 0 fully saturated rings. The van der Waals surface area contributed by atoms with Crippen LogP contribution >= 0.6 is 0 Å². The fraction of sp³-hybridized carbons (Fsp3) is 0.294. The van der Waals surface area contributed by atoms with Crippen molar-refractivity contribution in [3.05, 3.63) is 54.6 Å². The van der Waals surface area contributed by atoms with Crippen LogP contribution in [0.2, 0.25) is 0 Å². The van der Waals surface area contributed by atoms with Crippen molar-refractivity contribution in [3.63, 3.8) is 0 Å². The van der Waals surface area contributed by atoms with Crippen LogP contribution in [0.5, 0.6) is 5.75 Å². The molecule has 3 heteroatoms. The molecule has 2 aromatic rings. The molecule has 1 N–H and O–H groups in total. The first kappa shape index (κ1) is 14.6. The topological polar surface area (TPSA) is 32.7 Å². The van der Waals surface area contributed by atoms with E-state index in [0.717, 1.165) is 11.3 Å². The zero-order valence-electron chi connectivity index (χ0n) is 12.0. The number of rotatable bonds is 6. The number of likely N-dealkylation sites (N-methyl/N-ethyl adjacent to an activating group) is 1. The molecule has 2 aromatic carbocycles. The van der Waals surface area contributed by atoms with Crippen molar-refractivity contribution in [1.29, 1.82) is 0 Å². The maximum absolute atomic E-state index is 9.75. The summed E-state index contributed by atoms with van der Waals surface area (Å²) in [6, 6.07) is 18.1. The van der Waals surface area contributed by atoms with Crippen LogP contribution in [0.15, 0.2) is 54.6 Å². The molecule has 0 amide bonds. The second-order valence-corrected chi connectivity index (χ2v) is 5.12.